The monoisotopic (exact) mass is 476 g/mol. The van der Waals surface area contributed by atoms with Crippen LogP contribution >= 0.6 is 15.9 Å². The molecule has 0 aliphatic carbocycles. The summed E-state index contributed by atoms with van der Waals surface area (Å²) in [7, 11) is -4.07. The maximum atomic E-state index is 13.2. The summed E-state index contributed by atoms with van der Waals surface area (Å²) >= 11 is 3.30. The molecule has 1 saturated heterocycles. The van der Waals surface area contributed by atoms with Crippen molar-refractivity contribution < 1.29 is 17.9 Å². The van der Waals surface area contributed by atoms with Crippen molar-refractivity contribution in [3.8, 4) is 0 Å². The Hall–Kier alpha value is -2.56. The fraction of sp³-hybridized carbons (Fsp3) is 0.211. The van der Waals surface area contributed by atoms with E-state index in [1.165, 1.54) is 24.5 Å². The number of carbonyl (C=O) groups is 1. The highest BCUT2D eigenvalue weighted by Gasteiger charge is 2.27. The Morgan fingerprint density at radius 1 is 1.10 bits per heavy atom. The van der Waals surface area contributed by atoms with Gasteiger partial charge in [0.1, 0.15) is 10.4 Å². The van der Waals surface area contributed by atoms with Gasteiger partial charge in [-0.3, -0.25) is 19.5 Å². The summed E-state index contributed by atoms with van der Waals surface area (Å²) in [6.07, 6.45) is 3.03. The molecule has 3 aromatic rings. The van der Waals surface area contributed by atoms with E-state index in [2.05, 4.69) is 30.6 Å². The Balaban J connectivity index is 1.74. The lowest BCUT2D eigenvalue weighted by Gasteiger charge is -2.27. The molecule has 1 amide bonds. The fourth-order valence-electron chi connectivity index (χ4n) is 3.11. The molecule has 0 bridgehead atoms. The van der Waals surface area contributed by atoms with Crippen molar-refractivity contribution in [1.82, 2.24) is 14.9 Å². The number of hydrogen-bond donors (Lipinski definition) is 1. The number of benzene rings is 2. The molecule has 4 rings (SSSR count). The number of nitrogens with one attached hydrogen (secondary N) is 1. The lowest BCUT2D eigenvalue weighted by atomic mass is 10.2. The zero-order valence-corrected chi connectivity index (χ0v) is 17.6. The number of anilines is 1. The summed E-state index contributed by atoms with van der Waals surface area (Å²) in [6, 6.07) is 9.63. The summed E-state index contributed by atoms with van der Waals surface area (Å²) in [5.41, 5.74) is 1.38. The van der Waals surface area contributed by atoms with Gasteiger partial charge >= 0.3 is 0 Å². The van der Waals surface area contributed by atoms with E-state index in [4.69, 9.17) is 4.74 Å². The quantitative estimate of drug-likeness (QED) is 0.620. The van der Waals surface area contributed by atoms with Crippen LogP contribution in [-0.4, -0.2) is 55.5 Å². The maximum absolute atomic E-state index is 13.2. The summed E-state index contributed by atoms with van der Waals surface area (Å²) in [6.45, 7) is 1.69. The number of morpholine rings is 1. The number of carbonyl (C=O) groups excluding carboxylic acids is 1. The molecule has 10 heteroatoms. The number of amides is 1. The van der Waals surface area contributed by atoms with Crippen molar-refractivity contribution in [1.29, 1.82) is 0 Å². The average Bonchev–Trinajstić information content (AvgIpc) is 2.74. The summed E-state index contributed by atoms with van der Waals surface area (Å²) < 4.78 is 34.8. The molecular weight excluding hydrogens is 460 g/mol. The lowest BCUT2D eigenvalue weighted by Crippen LogP contribution is -2.41. The van der Waals surface area contributed by atoms with Gasteiger partial charge < -0.3 is 9.64 Å². The molecule has 1 aliphatic rings. The molecule has 8 nitrogen and oxygen atoms in total. The Labute approximate surface area is 176 Å². The van der Waals surface area contributed by atoms with E-state index in [1.807, 2.05) is 0 Å². The van der Waals surface area contributed by atoms with Crippen LogP contribution in [-0.2, 0) is 14.8 Å². The Kier molecular flexibility index (Phi) is 5.48. The molecule has 0 atom stereocenters. The lowest BCUT2D eigenvalue weighted by molar-refractivity contribution is 0.0300. The number of nitrogens with zero attached hydrogens (tertiary/aromatic N) is 3. The van der Waals surface area contributed by atoms with Crippen LogP contribution in [0.1, 0.15) is 10.4 Å². The van der Waals surface area contributed by atoms with Crippen LogP contribution in [0.15, 0.2) is 58.2 Å². The van der Waals surface area contributed by atoms with E-state index in [9.17, 15) is 13.2 Å². The second kappa shape index (κ2) is 8.05. The van der Waals surface area contributed by atoms with Gasteiger partial charge in [0.05, 0.1) is 30.0 Å². The van der Waals surface area contributed by atoms with E-state index in [1.54, 1.807) is 29.2 Å². The zero-order valence-electron chi connectivity index (χ0n) is 15.2. The molecule has 0 spiro atoms. The van der Waals surface area contributed by atoms with E-state index in [-0.39, 0.29) is 16.4 Å². The predicted octanol–water partition coefficient (Wildman–Crippen LogP) is 2.67. The summed E-state index contributed by atoms with van der Waals surface area (Å²) in [5.74, 6) is -0.348. The van der Waals surface area contributed by atoms with Crippen LogP contribution in [0.3, 0.4) is 0 Å². The number of fused-ring (bicyclic) bond motifs is 1. The number of halogens is 1. The van der Waals surface area contributed by atoms with Crippen LogP contribution < -0.4 is 4.72 Å². The summed E-state index contributed by atoms with van der Waals surface area (Å²) in [4.78, 5) is 22.9. The van der Waals surface area contributed by atoms with E-state index in [0.29, 0.717) is 47.5 Å². The third-order valence-corrected chi connectivity index (χ3v) is 6.40. The second-order valence-corrected chi connectivity index (χ2v) is 8.95. The first kappa shape index (κ1) is 19.7. The third kappa shape index (κ3) is 4.09. The van der Waals surface area contributed by atoms with Crippen LogP contribution in [0.25, 0.3) is 11.0 Å². The van der Waals surface area contributed by atoms with Gasteiger partial charge in [0.25, 0.3) is 15.9 Å². The second-order valence-electron chi connectivity index (χ2n) is 6.38. The molecule has 150 valence electrons. The van der Waals surface area contributed by atoms with Crippen molar-refractivity contribution in [3.05, 3.63) is 58.8 Å². The minimum absolute atomic E-state index is 0.105. The van der Waals surface area contributed by atoms with Crippen LogP contribution in [0.4, 0.5) is 5.69 Å². The highest BCUT2D eigenvalue weighted by Crippen LogP contribution is 2.27. The number of para-hydroxylation sites is 1. The number of sulfonamides is 1. The minimum atomic E-state index is -4.07. The first-order chi connectivity index (χ1) is 14.0. The SMILES string of the molecule is O=C(c1ccc(Br)cc1S(=O)(=O)Nc1cccc2nccnc12)N1CCOCC1. The molecule has 1 aliphatic heterocycles. The zero-order chi connectivity index (χ0) is 20.4. The van der Waals surface area contributed by atoms with E-state index < -0.39 is 10.0 Å². The topological polar surface area (TPSA) is 101 Å². The minimum Gasteiger partial charge on any atom is -0.378 e. The van der Waals surface area contributed by atoms with Crippen LogP contribution in [0.2, 0.25) is 0 Å². The van der Waals surface area contributed by atoms with E-state index >= 15 is 0 Å². The van der Waals surface area contributed by atoms with Gasteiger partial charge in [0.2, 0.25) is 0 Å². The van der Waals surface area contributed by atoms with Gasteiger partial charge in [0, 0.05) is 30.0 Å². The van der Waals surface area contributed by atoms with Gasteiger partial charge in [-0.2, -0.15) is 0 Å². The van der Waals surface area contributed by atoms with E-state index in [0.717, 1.165) is 0 Å². The molecule has 1 N–H and O–H groups in total. The predicted molar refractivity (Wildman–Crippen MR) is 111 cm³/mol. The van der Waals surface area contributed by atoms with Crippen molar-refractivity contribution >= 4 is 48.6 Å². The van der Waals surface area contributed by atoms with Gasteiger partial charge in [-0.15, -0.1) is 0 Å². The van der Waals surface area contributed by atoms with Gasteiger partial charge in [-0.05, 0) is 30.3 Å². The molecule has 0 unspecified atom stereocenters. The smallest absolute Gasteiger partial charge is 0.262 e. The fourth-order valence-corrected chi connectivity index (χ4v) is 4.91. The highest BCUT2D eigenvalue weighted by atomic mass is 79.9. The molecule has 2 heterocycles. The molecule has 2 aromatic carbocycles. The van der Waals surface area contributed by atoms with Gasteiger partial charge in [0.15, 0.2) is 0 Å². The van der Waals surface area contributed by atoms with Gasteiger partial charge in [-0.25, -0.2) is 8.42 Å². The van der Waals surface area contributed by atoms with Crippen molar-refractivity contribution in [2.45, 2.75) is 4.90 Å². The Morgan fingerprint density at radius 3 is 2.66 bits per heavy atom. The Bertz CT molecular complexity index is 1170. The van der Waals surface area contributed by atoms with Crippen LogP contribution in [0, 0.1) is 0 Å². The first-order valence-corrected chi connectivity index (χ1v) is 11.1. The highest BCUT2D eigenvalue weighted by molar-refractivity contribution is 9.10. The first-order valence-electron chi connectivity index (χ1n) is 8.85. The molecule has 29 heavy (non-hydrogen) atoms. The molecular formula is C19H17BrN4O4S. The average molecular weight is 477 g/mol. The van der Waals surface area contributed by atoms with Crippen molar-refractivity contribution in [2.24, 2.45) is 0 Å². The van der Waals surface area contributed by atoms with Gasteiger partial charge in [-0.1, -0.05) is 22.0 Å². The number of rotatable bonds is 4. The molecule has 1 fully saturated rings. The number of hydrogen-bond acceptors (Lipinski definition) is 6. The molecule has 0 radical (unpaired) electrons. The largest absolute Gasteiger partial charge is 0.378 e. The van der Waals surface area contributed by atoms with Crippen molar-refractivity contribution in [3.63, 3.8) is 0 Å². The molecule has 0 saturated carbocycles. The molecule has 1 aromatic heterocycles. The summed E-state index contributed by atoms with van der Waals surface area (Å²) in [5, 5.41) is 0. The number of aromatic nitrogens is 2. The normalized spacial score (nSPS) is 14.7. The third-order valence-electron chi connectivity index (χ3n) is 4.50. The van der Waals surface area contributed by atoms with Crippen LogP contribution in [0.5, 0.6) is 0 Å². The maximum Gasteiger partial charge on any atom is 0.262 e. The van der Waals surface area contributed by atoms with Crippen molar-refractivity contribution in [2.75, 3.05) is 31.0 Å². The Morgan fingerprint density at radius 2 is 1.86 bits per heavy atom. The standard InChI is InChI=1S/C19H17BrN4O4S/c20-13-4-5-14(19(25)24-8-10-28-11-9-24)17(12-13)29(26,27)23-16-3-1-2-15-18(16)22-7-6-21-15/h1-7,12,23H,8-11H2. The number of ether oxygens (including phenoxy) is 1.